The molecular formula is C15H25N5S. The Morgan fingerprint density at radius 1 is 1.29 bits per heavy atom. The van der Waals surface area contributed by atoms with Gasteiger partial charge in [-0.15, -0.1) is 11.3 Å². The molecule has 6 heteroatoms. The minimum atomic E-state index is 0.477. The number of nitrogens with two attached hydrogens (primary N) is 1. The van der Waals surface area contributed by atoms with Crippen molar-refractivity contribution in [2.24, 2.45) is 5.84 Å². The Balaban J connectivity index is 2.41. The monoisotopic (exact) mass is 307 g/mol. The number of rotatable bonds is 6. The van der Waals surface area contributed by atoms with Gasteiger partial charge in [0, 0.05) is 10.9 Å². The van der Waals surface area contributed by atoms with Gasteiger partial charge in [0.1, 0.15) is 10.7 Å². The van der Waals surface area contributed by atoms with Crippen LogP contribution < -0.4 is 11.3 Å². The molecule has 116 valence electrons. The Morgan fingerprint density at radius 3 is 2.57 bits per heavy atom. The van der Waals surface area contributed by atoms with Gasteiger partial charge in [0.2, 0.25) is 0 Å². The minimum absolute atomic E-state index is 0.477. The maximum absolute atomic E-state index is 5.66. The second-order valence-electron chi connectivity index (χ2n) is 5.66. The first-order chi connectivity index (χ1) is 9.97. The molecule has 0 atom stereocenters. The van der Waals surface area contributed by atoms with Crippen molar-refractivity contribution in [1.82, 2.24) is 14.9 Å². The van der Waals surface area contributed by atoms with Crippen molar-refractivity contribution in [3.63, 3.8) is 0 Å². The molecule has 0 aromatic carbocycles. The zero-order chi connectivity index (χ0) is 15.6. The van der Waals surface area contributed by atoms with E-state index >= 15 is 0 Å². The summed E-state index contributed by atoms with van der Waals surface area (Å²) in [5, 5.41) is 1.05. The first-order valence-electron chi connectivity index (χ1n) is 7.45. The molecule has 0 aliphatic carbocycles. The van der Waals surface area contributed by atoms with E-state index in [0.29, 0.717) is 6.04 Å². The highest BCUT2D eigenvalue weighted by Gasteiger charge is 2.16. The van der Waals surface area contributed by atoms with E-state index in [0.717, 1.165) is 41.4 Å². The molecule has 0 amide bonds. The summed E-state index contributed by atoms with van der Waals surface area (Å²) in [6, 6.07) is 0.477. The summed E-state index contributed by atoms with van der Waals surface area (Å²) in [6.45, 7) is 12.6. The lowest BCUT2D eigenvalue weighted by Gasteiger charge is -2.25. The van der Waals surface area contributed by atoms with Crippen molar-refractivity contribution in [2.75, 3.05) is 12.0 Å². The molecule has 0 aliphatic heterocycles. The second kappa shape index (κ2) is 6.68. The smallest absolute Gasteiger partial charge is 0.152 e. The molecule has 0 aliphatic rings. The van der Waals surface area contributed by atoms with Crippen molar-refractivity contribution < 1.29 is 0 Å². The van der Waals surface area contributed by atoms with E-state index in [1.54, 1.807) is 11.3 Å². The second-order valence-corrected chi connectivity index (χ2v) is 6.86. The van der Waals surface area contributed by atoms with Crippen LogP contribution in [0.15, 0.2) is 0 Å². The number of aryl methyl sites for hydroxylation is 2. The number of nitrogen functional groups attached to an aromatic ring is 1. The van der Waals surface area contributed by atoms with E-state index in [2.05, 4.69) is 49.9 Å². The van der Waals surface area contributed by atoms with Crippen LogP contribution in [-0.4, -0.2) is 27.5 Å². The molecule has 0 unspecified atom stereocenters. The lowest BCUT2D eigenvalue weighted by atomic mass is 10.2. The average molecular weight is 307 g/mol. The van der Waals surface area contributed by atoms with Gasteiger partial charge in [-0.05, 0) is 46.2 Å². The predicted octanol–water partition coefficient (Wildman–Crippen LogP) is 3.21. The molecule has 2 aromatic heterocycles. The molecule has 0 saturated heterocycles. The summed E-state index contributed by atoms with van der Waals surface area (Å²) in [5.74, 6) is 7.23. The standard InChI is InChI=1S/C15H25N5S/c1-6-7-20(9(2)3)8-12-17-14(19-16)13-10(4)11(5)21-15(13)18-12/h9H,6-8,16H2,1-5H3,(H,17,18,19). The Hall–Kier alpha value is -1.24. The van der Waals surface area contributed by atoms with E-state index in [1.807, 2.05) is 0 Å². The number of hydrogen-bond acceptors (Lipinski definition) is 6. The fourth-order valence-corrected chi connectivity index (χ4v) is 3.51. The summed E-state index contributed by atoms with van der Waals surface area (Å²) in [5.41, 5.74) is 3.95. The Morgan fingerprint density at radius 2 is 2.00 bits per heavy atom. The Bertz CT molecular complexity index is 620. The number of anilines is 1. The van der Waals surface area contributed by atoms with Gasteiger partial charge in [-0.1, -0.05) is 6.92 Å². The third-order valence-corrected chi connectivity index (χ3v) is 4.90. The van der Waals surface area contributed by atoms with Gasteiger partial charge < -0.3 is 5.43 Å². The van der Waals surface area contributed by atoms with Crippen LogP contribution in [0.4, 0.5) is 5.82 Å². The molecule has 0 spiro atoms. The highest BCUT2D eigenvalue weighted by atomic mass is 32.1. The van der Waals surface area contributed by atoms with Crippen LogP contribution in [0, 0.1) is 13.8 Å². The summed E-state index contributed by atoms with van der Waals surface area (Å²) < 4.78 is 0. The number of fused-ring (bicyclic) bond motifs is 1. The molecule has 3 N–H and O–H groups in total. The highest BCUT2D eigenvalue weighted by Crippen LogP contribution is 2.33. The Labute approximate surface area is 130 Å². The molecule has 5 nitrogen and oxygen atoms in total. The number of aromatic nitrogens is 2. The largest absolute Gasteiger partial charge is 0.308 e. The molecule has 0 fully saturated rings. The third-order valence-electron chi connectivity index (χ3n) is 3.80. The SMILES string of the molecule is CCCN(Cc1nc(NN)c2c(C)c(C)sc2n1)C(C)C. The van der Waals surface area contributed by atoms with Crippen LogP contribution >= 0.6 is 11.3 Å². The Kier molecular flexibility index (Phi) is 5.13. The van der Waals surface area contributed by atoms with Crippen LogP contribution in [0.25, 0.3) is 10.2 Å². The van der Waals surface area contributed by atoms with E-state index in [4.69, 9.17) is 10.8 Å². The van der Waals surface area contributed by atoms with E-state index in [1.165, 1.54) is 10.4 Å². The summed E-state index contributed by atoms with van der Waals surface area (Å²) in [6.07, 6.45) is 1.12. The van der Waals surface area contributed by atoms with Crippen LogP contribution in [0.2, 0.25) is 0 Å². The molecule has 2 rings (SSSR count). The van der Waals surface area contributed by atoms with Gasteiger partial charge >= 0.3 is 0 Å². The van der Waals surface area contributed by atoms with E-state index < -0.39 is 0 Å². The van der Waals surface area contributed by atoms with E-state index in [-0.39, 0.29) is 0 Å². The summed E-state index contributed by atoms with van der Waals surface area (Å²) in [7, 11) is 0. The molecule has 0 bridgehead atoms. The number of hydrazine groups is 1. The van der Waals surface area contributed by atoms with Crippen LogP contribution in [0.3, 0.4) is 0 Å². The topological polar surface area (TPSA) is 67.1 Å². The van der Waals surface area contributed by atoms with Crippen molar-refractivity contribution in [3.8, 4) is 0 Å². The van der Waals surface area contributed by atoms with Gasteiger partial charge in [-0.3, -0.25) is 4.90 Å². The van der Waals surface area contributed by atoms with Crippen molar-refractivity contribution in [1.29, 1.82) is 0 Å². The molecule has 2 aromatic rings. The quantitative estimate of drug-likeness (QED) is 0.633. The maximum Gasteiger partial charge on any atom is 0.152 e. The molecule has 2 heterocycles. The van der Waals surface area contributed by atoms with Gasteiger partial charge in [0.05, 0.1) is 11.9 Å². The number of nitrogens with one attached hydrogen (secondary N) is 1. The first kappa shape index (κ1) is 16.1. The van der Waals surface area contributed by atoms with Crippen molar-refractivity contribution in [3.05, 3.63) is 16.3 Å². The number of hydrogen-bond donors (Lipinski definition) is 2. The van der Waals surface area contributed by atoms with Gasteiger partial charge in [-0.25, -0.2) is 15.8 Å². The lowest BCUT2D eigenvalue weighted by molar-refractivity contribution is 0.208. The van der Waals surface area contributed by atoms with Crippen molar-refractivity contribution in [2.45, 2.75) is 53.6 Å². The fourth-order valence-electron chi connectivity index (χ4n) is 2.46. The molecule has 21 heavy (non-hydrogen) atoms. The first-order valence-corrected chi connectivity index (χ1v) is 8.26. The van der Waals surface area contributed by atoms with Crippen LogP contribution in [-0.2, 0) is 6.54 Å². The minimum Gasteiger partial charge on any atom is -0.308 e. The molecular weight excluding hydrogens is 282 g/mol. The fraction of sp³-hybridized carbons (Fsp3) is 0.600. The molecule has 0 radical (unpaired) electrons. The lowest BCUT2D eigenvalue weighted by Crippen LogP contribution is -2.32. The maximum atomic E-state index is 5.66. The van der Waals surface area contributed by atoms with Crippen molar-refractivity contribution >= 4 is 27.4 Å². The summed E-state index contributed by atoms with van der Waals surface area (Å²) >= 11 is 1.71. The number of thiophene rings is 1. The zero-order valence-electron chi connectivity index (χ0n) is 13.5. The van der Waals surface area contributed by atoms with Gasteiger partial charge in [0.25, 0.3) is 0 Å². The zero-order valence-corrected chi connectivity index (χ0v) is 14.3. The normalized spacial score (nSPS) is 11.8. The van der Waals surface area contributed by atoms with Gasteiger partial charge in [0.15, 0.2) is 5.82 Å². The van der Waals surface area contributed by atoms with Crippen LogP contribution in [0.5, 0.6) is 0 Å². The number of nitrogens with zero attached hydrogens (tertiary/aromatic N) is 3. The molecule has 0 saturated carbocycles. The van der Waals surface area contributed by atoms with Gasteiger partial charge in [-0.2, -0.15) is 0 Å². The summed E-state index contributed by atoms with van der Waals surface area (Å²) in [4.78, 5) is 14.0. The highest BCUT2D eigenvalue weighted by molar-refractivity contribution is 7.18. The van der Waals surface area contributed by atoms with E-state index in [9.17, 15) is 0 Å². The third kappa shape index (κ3) is 3.33. The predicted molar refractivity (Wildman–Crippen MR) is 90.5 cm³/mol. The van der Waals surface area contributed by atoms with Crippen LogP contribution in [0.1, 0.15) is 43.5 Å². The average Bonchev–Trinajstić information content (AvgIpc) is 2.72.